The summed E-state index contributed by atoms with van der Waals surface area (Å²) in [7, 11) is 0. The average Bonchev–Trinajstić information content (AvgIpc) is 2.45. The molecule has 2 aliphatic rings. The van der Waals surface area contributed by atoms with Crippen LogP contribution in [0.1, 0.15) is 45.4 Å². The van der Waals surface area contributed by atoms with Gasteiger partial charge in [-0.1, -0.05) is 6.92 Å². The first kappa shape index (κ1) is 14.3. The number of hydrogen-bond donors (Lipinski definition) is 1. The van der Waals surface area contributed by atoms with E-state index in [0.29, 0.717) is 6.61 Å². The summed E-state index contributed by atoms with van der Waals surface area (Å²) < 4.78 is 0. The van der Waals surface area contributed by atoms with Crippen molar-refractivity contribution in [3.05, 3.63) is 0 Å². The molecule has 3 heteroatoms. The average molecular weight is 254 g/mol. The Morgan fingerprint density at radius 2 is 1.94 bits per heavy atom. The summed E-state index contributed by atoms with van der Waals surface area (Å²) in [5.41, 5.74) is 0. The fraction of sp³-hybridized carbons (Fsp3) is 1.00. The maximum absolute atomic E-state index is 8.96. The van der Waals surface area contributed by atoms with Crippen molar-refractivity contribution in [3.63, 3.8) is 0 Å². The van der Waals surface area contributed by atoms with Gasteiger partial charge in [-0.15, -0.1) is 0 Å². The molecule has 0 amide bonds. The third-order valence-electron chi connectivity index (χ3n) is 4.77. The second kappa shape index (κ2) is 7.46. The largest absolute Gasteiger partial charge is 0.396 e. The van der Waals surface area contributed by atoms with Crippen LogP contribution < -0.4 is 0 Å². The number of aliphatic hydroxyl groups excluding tert-OH is 1. The van der Waals surface area contributed by atoms with Gasteiger partial charge >= 0.3 is 0 Å². The Labute approximate surface area is 112 Å². The van der Waals surface area contributed by atoms with Crippen LogP contribution in [0.4, 0.5) is 0 Å². The molecule has 0 saturated carbocycles. The monoisotopic (exact) mass is 254 g/mol. The second-order valence-corrected chi connectivity index (χ2v) is 6.06. The third kappa shape index (κ3) is 3.94. The van der Waals surface area contributed by atoms with Gasteiger partial charge in [0, 0.05) is 25.7 Å². The van der Waals surface area contributed by atoms with Crippen LogP contribution in [-0.4, -0.2) is 60.3 Å². The normalized spacial score (nSPS) is 31.7. The van der Waals surface area contributed by atoms with Gasteiger partial charge in [-0.25, -0.2) is 0 Å². The third-order valence-corrected chi connectivity index (χ3v) is 4.77. The minimum absolute atomic E-state index is 0.365. The van der Waals surface area contributed by atoms with E-state index >= 15 is 0 Å². The van der Waals surface area contributed by atoms with E-state index in [-0.39, 0.29) is 0 Å². The number of likely N-dealkylation sites (tertiary alicyclic amines) is 2. The molecule has 106 valence electrons. The quantitative estimate of drug-likeness (QED) is 0.812. The van der Waals surface area contributed by atoms with E-state index in [0.717, 1.165) is 18.4 Å². The highest BCUT2D eigenvalue weighted by Gasteiger charge is 2.28. The molecule has 0 aromatic rings. The van der Waals surface area contributed by atoms with Gasteiger partial charge in [0.2, 0.25) is 0 Å². The Kier molecular flexibility index (Phi) is 5.93. The predicted octanol–water partition coefficient (Wildman–Crippen LogP) is 1.96. The highest BCUT2D eigenvalue weighted by molar-refractivity contribution is 4.84. The van der Waals surface area contributed by atoms with Gasteiger partial charge < -0.3 is 10.0 Å². The zero-order chi connectivity index (χ0) is 12.8. The van der Waals surface area contributed by atoms with E-state index in [1.807, 2.05) is 0 Å². The molecule has 0 aromatic heterocycles. The summed E-state index contributed by atoms with van der Waals surface area (Å²) in [6, 6.07) is 0.802. The van der Waals surface area contributed by atoms with E-state index in [1.165, 1.54) is 64.8 Å². The summed E-state index contributed by atoms with van der Waals surface area (Å²) in [6.07, 6.45) is 7.71. The minimum atomic E-state index is 0.365. The molecule has 0 aliphatic carbocycles. The van der Waals surface area contributed by atoms with Crippen LogP contribution in [0.5, 0.6) is 0 Å². The zero-order valence-electron chi connectivity index (χ0n) is 12.0. The molecular weight excluding hydrogens is 224 g/mol. The van der Waals surface area contributed by atoms with Gasteiger partial charge in [-0.3, -0.25) is 4.90 Å². The molecule has 0 radical (unpaired) electrons. The molecule has 2 fully saturated rings. The SMILES string of the molecule is CCN1CCC[C@H](N2CCC[C@@H](CCCO)C2)C1. The fourth-order valence-electron chi connectivity index (χ4n) is 3.66. The van der Waals surface area contributed by atoms with Crippen LogP contribution in [-0.2, 0) is 0 Å². The Morgan fingerprint density at radius 3 is 2.72 bits per heavy atom. The molecule has 0 unspecified atom stereocenters. The molecule has 2 aliphatic heterocycles. The minimum Gasteiger partial charge on any atom is -0.396 e. The number of aliphatic hydroxyl groups is 1. The van der Waals surface area contributed by atoms with Crippen molar-refractivity contribution in [2.45, 2.75) is 51.5 Å². The van der Waals surface area contributed by atoms with E-state index in [9.17, 15) is 0 Å². The van der Waals surface area contributed by atoms with Crippen LogP contribution in [0.2, 0.25) is 0 Å². The summed E-state index contributed by atoms with van der Waals surface area (Å²) in [6.45, 7) is 9.02. The maximum atomic E-state index is 8.96. The molecule has 18 heavy (non-hydrogen) atoms. The zero-order valence-corrected chi connectivity index (χ0v) is 12.0. The topological polar surface area (TPSA) is 26.7 Å². The predicted molar refractivity (Wildman–Crippen MR) is 75.8 cm³/mol. The number of piperidine rings is 2. The molecule has 1 N–H and O–H groups in total. The van der Waals surface area contributed by atoms with Gasteiger partial charge in [-0.05, 0) is 64.1 Å². The fourth-order valence-corrected chi connectivity index (χ4v) is 3.66. The standard InChI is InChI=1S/C15H30N2O/c1-2-16-9-4-8-15(13-16)17-10-3-6-14(12-17)7-5-11-18/h14-15,18H,2-13H2,1H3/t14-,15-/m0/s1. The lowest BCUT2D eigenvalue weighted by Crippen LogP contribution is -2.51. The van der Waals surface area contributed by atoms with Crippen LogP contribution in [0.3, 0.4) is 0 Å². The van der Waals surface area contributed by atoms with Crippen LogP contribution in [0, 0.1) is 5.92 Å². The van der Waals surface area contributed by atoms with Gasteiger partial charge in [0.1, 0.15) is 0 Å². The first-order valence-electron chi connectivity index (χ1n) is 7.90. The lowest BCUT2D eigenvalue weighted by atomic mass is 9.91. The van der Waals surface area contributed by atoms with Gasteiger partial charge in [0.15, 0.2) is 0 Å². The molecular formula is C15H30N2O. The summed E-state index contributed by atoms with van der Waals surface area (Å²) in [5.74, 6) is 0.836. The second-order valence-electron chi connectivity index (χ2n) is 6.06. The van der Waals surface area contributed by atoms with Crippen molar-refractivity contribution in [1.29, 1.82) is 0 Å². The molecule has 0 bridgehead atoms. The molecule has 2 rings (SSSR count). The Bertz CT molecular complexity index is 235. The van der Waals surface area contributed by atoms with Crippen molar-refractivity contribution < 1.29 is 5.11 Å². The Hall–Kier alpha value is -0.120. The van der Waals surface area contributed by atoms with Crippen LogP contribution in [0.15, 0.2) is 0 Å². The van der Waals surface area contributed by atoms with Crippen molar-refractivity contribution in [3.8, 4) is 0 Å². The van der Waals surface area contributed by atoms with E-state index in [1.54, 1.807) is 0 Å². The molecule has 2 heterocycles. The lowest BCUT2D eigenvalue weighted by molar-refractivity contribution is 0.0616. The van der Waals surface area contributed by atoms with E-state index in [4.69, 9.17) is 5.11 Å². The Balaban J connectivity index is 1.80. The first-order chi connectivity index (χ1) is 8.83. The summed E-state index contributed by atoms with van der Waals surface area (Å²) >= 11 is 0. The van der Waals surface area contributed by atoms with Crippen molar-refractivity contribution in [2.24, 2.45) is 5.92 Å². The summed E-state index contributed by atoms with van der Waals surface area (Å²) in [4.78, 5) is 5.35. The smallest absolute Gasteiger partial charge is 0.0431 e. The highest BCUT2D eigenvalue weighted by Crippen LogP contribution is 2.25. The molecule has 2 saturated heterocycles. The van der Waals surface area contributed by atoms with Crippen molar-refractivity contribution >= 4 is 0 Å². The first-order valence-corrected chi connectivity index (χ1v) is 7.90. The van der Waals surface area contributed by atoms with Crippen molar-refractivity contribution in [2.75, 3.05) is 39.3 Å². The van der Waals surface area contributed by atoms with Gasteiger partial charge in [0.25, 0.3) is 0 Å². The van der Waals surface area contributed by atoms with Gasteiger partial charge in [0.05, 0.1) is 0 Å². The van der Waals surface area contributed by atoms with E-state index < -0.39 is 0 Å². The molecule has 2 atom stereocenters. The maximum Gasteiger partial charge on any atom is 0.0431 e. The number of likely N-dealkylation sites (N-methyl/N-ethyl adjacent to an activating group) is 1. The van der Waals surface area contributed by atoms with Crippen molar-refractivity contribution in [1.82, 2.24) is 9.80 Å². The molecule has 0 aromatic carbocycles. The number of rotatable bonds is 5. The molecule has 0 spiro atoms. The van der Waals surface area contributed by atoms with Crippen LogP contribution in [0.25, 0.3) is 0 Å². The van der Waals surface area contributed by atoms with Gasteiger partial charge in [-0.2, -0.15) is 0 Å². The van der Waals surface area contributed by atoms with E-state index in [2.05, 4.69) is 16.7 Å². The number of nitrogens with zero attached hydrogens (tertiary/aromatic N) is 2. The lowest BCUT2D eigenvalue weighted by Gasteiger charge is -2.43. The summed E-state index contributed by atoms with van der Waals surface area (Å²) in [5, 5.41) is 8.96. The highest BCUT2D eigenvalue weighted by atomic mass is 16.2. The number of hydrogen-bond acceptors (Lipinski definition) is 3. The molecule has 3 nitrogen and oxygen atoms in total. The Morgan fingerprint density at radius 1 is 1.11 bits per heavy atom. The van der Waals surface area contributed by atoms with Crippen LogP contribution >= 0.6 is 0 Å².